The molecule has 100 valence electrons. The standard InChI is InChI=1S/C12H8Cl2FNO2S/c13-8-5-9(14)7-10(6-8)16-19(17,18)12-4-2-1-3-11(12)15/h1-7,16H. The van der Waals surface area contributed by atoms with Gasteiger partial charge in [-0.25, -0.2) is 12.8 Å². The Balaban J connectivity index is 2.39. The molecule has 0 aliphatic carbocycles. The fraction of sp³-hybridized carbons (Fsp3) is 0. The quantitative estimate of drug-likeness (QED) is 0.931. The zero-order chi connectivity index (χ0) is 14.0. The van der Waals surface area contributed by atoms with Crippen LogP contribution in [-0.4, -0.2) is 8.42 Å². The van der Waals surface area contributed by atoms with Crippen molar-refractivity contribution in [1.29, 1.82) is 0 Å². The lowest BCUT2D eigenvalue weighted by molar-refractivity contribution is 0.570. The van der Waals surface area contributed by atoms with Crippen LogP contribution in [0.3, 0.4) is 0 Å². The second-order valence-electron chi connectivity index (χ2n) is 3.69. The predicted molar refractivity (Wildman–Crippen MR) is 73.7 cm³/mol. The number of nitrogens with one attached hydrogen (secondary N) is 1. The van der Waals surface area contributed by atoms with E-state index < -0.39 is 20.7 Å². The number of sulfonamides is 1. The van der Waals surface area contributed by atoms with Gasteiger partial charge in [-0.2, -0.15) is 0 Å². The summed E-state index contributed by atoms with van der Waals surface area (Å²) >= 11 is 11.5. The van der Waals surface area contributed by atoms with Crippen molar-refractivity contribution in [3.05, 3.63) is 58.3 Å². The molecule has 1 N–H and O–H groups in total. The van der Waals surface area contributed by atoms with E-state index in [1.807, 2.05) is 0 Å². The first kappa shape index (κ1) is 14.1. The Hall–Kier alpha value is -1.30. The van der Waals surface area contributed by atoms with Crippen LogP contribution >= 0.6 is 23.2 Å². The molecule has 2 rings (SSSR count). The van der Waals surface area contributed by atoms with Gasteiger partial charge in [0.1, 0.15) is 10.7 Å². The second kappa shape index (κ2) is 5.36. The fourth-order valence-corrected chi connectivity index (χ4v) is 3.13. The van der Waals surface area contributed by atoms with E-state index in [9.17, 15) is 12.8 Å². The smallest absolute Gasteiger partial charge is 0.264 e. The minimum Gasteiger partial charge on any atom is -0.279 e. The molecule has 7 heteroatoms. The summed E-state index contributed by atoms with van der Waals surface area (Å²) in [6.07, 6.45) is 0. The van der Waals surface area contributed by atoms with Crippen molar-refractivity contribution in [2.24, 2.45) is 0 Å². The van der Waals surface area contributed by atoms with Crippen LogP contribution in [0.15, 0.2) is 47.4 Å². The van der Waals surface area contributed by atoms with Crippen LogP contribution in [0.4, 0.5) is 10.1 Å². The molecule has 0 fully saturated rings. The van der Waals surface area contributed by atoms with Gasteiger partial charge in [0.2, 0.25) is 0 Å². The largest absolute Gasteiger partial charge is 0.279 e. The molecule has 0 saturated carbocycles. The van der Waals surface area contributed by atoms with Crippen LogP contribution in [0, 0.1) is 5.82 Å². The number of hydrogen-bond acceptors (Lipinski definition) is 2. The minimum absolute atomic E-state index is 0.167. The summed E-state index contributed by atoms with van der Waals surface area (Å²) in [6.45, 7) is 0. The number of rotatable bonds is 3. The highest BCUT2D eigenvalue weighted by atomic mass is 35.5. The van der Waals surface area contributed by atoms with E-state index in [1.165, 1.54) is 36.4 Å². The third-order valence-electron chi connectivity index (χ3n) is 2.24. The molecular weight excluding hydrogens is 312 g/mol. The molecule has 3 nitrogen and oxygen atoms in total. The van der Waals surface area contributed by atoms with Gasteiger partial charge in [0, 0.05) is 10.0 Å². The maximum atomic E-state index is 13.5. The SMILES string of the molecule is O=S(=O)(Nc1cc(Cl)cc(Cl)c1)c1ccccc1F. The Morgan fingerprint density at radius 3 is 2.16 bits per heavy atom. The van der Waals surface area contributed by atoms with Crippen LogP contribution in [-0.2, 0) is 10.0 Å². The van der Waals surface area contributed by atoms with Crippen molar-refractivity contribution in [1.82, 2.24) is 0 Å². The molecule has 0 radical (unpaired) electrons. The molecule has 0 aliphatic heterocycles. The Labute approximate surface area is 120 Å². The van der Waals surface area contributed by atoms with Gasteiger partial charge in [0.15, 0.2) is 0 Å². The van der Waals surface area contributed by atoms with Crippen molar-refractivity contribution < 1.29 is 12.8 Å². The Morgan fingerprint density at radius 2 is 1.58 bits per heavy atom. The van der Waals surface area contributed by atoms with Crippen molar-refractivity contribution in [3.8, 4) is 0 Å². The van der Waals surface area contributed by atoms with E-state index >= 15 is 0 Å². The monoisotopic (exact) mass is 319 g/mol. The highest BCUT2D eigenvalue weighted by molar-refractivity contribution is 7.92. The van der Waals surface area contributed by atoms with Gasteiger partial charge in [-0.15, -0.1) is 0 Å². The molecule has 0 bridgehead atoms. The lowest BCUT2D eigenvalue weighted by Crippen LogP contribution is -2.14. The van der Waals surface area contributed by atoms with Crippen LogP contribution in [0.2, 0.25) is 10.0 Å². The Morgan fingerprint density at radius 1 is 1.00 bits per heavy atom. The summed E-state index contributed by atoms with van der Waals surface area (Å²) in [5, 5.41) is 0.553. The molecule has 0 unspecified atom stereocenters. The molecule has 2 aromatic carbocycles. The van der Waals surface area contributed by atoms with Gasteiger partial charge < -0.3 is 0 Å². The van der Waals surface area contributed by atoms with E-state index in [-0.39, 0.29) is 15.7 Å². The second-order valence-corrected chi connectivity index (χ2v) is 6.22. The summed E-state index contributed by atoms with van der Waals surface area (Å²) in [7, 11) is -4.02. The van der Waals surface area contributed by atoms with Crippen molar-refractivity contribution in [2.45, 2.75) is 4.90 Å². The van der Waals surface area contributed by atoms with Gasteiger partial charge in [0.05, 0.1) is 5.69 Å². The van der Waals surface area contributed by atoms with Crippen LogP contribution in [0.5, 0.6) is 0 Å². The van der Waals surface area contributed by atoms with Crippen molar-refractivity contribution in [3.63, 3.8) is 0 Å². The molecular formula is C12H8Cl2FNO2S. The average molecular weight is 320 g/mol. The first-order valence-electron chi connectivity index (χ1n) is 5.12. The lowest BCUT2D eigenvalue weighted by atomic mass is 10.3. The molecule has 19 heavy (non-hydrogen) atoms. The first-order valence-corrected chi connectivity index (χ1v) is 7.36. The highest BCUT2D eigenvalue weighted by Gasteiger charge is 2.18. The summed E-state index contributed by atoms with van der Waals surface area (Å²) < 4.78 is 39.7. The fourth-order valence-electron chi connectivity index (χ4n) is 1.49. The van der Waals surface area contributed by atoms with Crippen molar-refractivity contribution in [2.75, 3.05) is 4.72 Å². The van der Waals surface area contributed by atoms with Gasteiger partial charge in [0.25, 0.3) is 10.0 Å². The number of halogens is 3. The molecule has 0 aliphatic rings. The van der Waals surface area contributed by atoms with Gasteiger partial charge in [-0.05, 0) is 30.3 Å². The topological polar surface area (TPSA) is 46.2 Å². The van der Waals surface area contributed by atoms with Gasteiger partial charge in [-0.3, -0.25) is 4.72 Å². The maximum absolute atomic E-state index is 13.5. The summed E-state index contributed by atoms with van der Waals surface area (Å²) in [5.74, 6) is -0.830. The molecule has 0 saturated heterocycles. The molecule has 0 atom stereocenters. The van der Waals surface area contributed by atoms with E-state index in [4.69, 9.17) is 23.2 Å². The molecule has 2 aromatic rings. The molecule has 0 amide bonds. The first-order chi connectivity index (χ1) is 8.88. The number of benzene rings is 2. The lowest BCUT2D eigenvalue weighted by Gasteiger charge is -2.09. The zero-order valence-corrected chi connectivity index (χ0v) is 11.7. The van der Waals surface area contributed by atoms with E-state index in [0.29, 0.717) is 0 Å². The van der Waals surface area contributed by atoms with Gasteiger partial charge in [-0.1, -0.05) is 35.3 Å². The maximum Gasteiger partial charge on any atom is 0.264 e. The molecule has 0 spiro atoms. The third-order valence-corrected chi connectivity index (χ3v) is 4.09. The molecule has 0 heterocycles. The number of hydrogen-bond donors (Lipinski definition) is 1. The molecule has 0 aromatic heterocycles. The number of anilines is 1. The predicted octanol–water partition coefficient (Wildman–Crippen LogP) is 3.93. The van der Waals surface area contributed by atoms with E-state index in [0.717, 1.165) is 6.07 Å². The summed E-state index contributed by atoms with van der Waals surface area (Å²) in [4.78, 5) is -0.439. The third kappa shape index (κ3) is 3.37. The Bertz CT molecular complexity index is 699. The zero-order valence-electron chi connectivity index (χ0n) is 9.40. The van der Waals surface area contributed by atoms with E-state index in [2.05, 4.69) is 4.72 Å². The normalized spacial score (nSPS) is 11.3. The van der Waals surface area contributed by atoms with Crippen LogP contribution in [0.1, 0.15) is 0 Å². The van der Waals surface area contributed by atoms with Crippen LogP contribution in [0.25, 0.3) is 0 Å². The highest BCUT2D eigenvalue weighted by Crippen LogP contribution is 2.25. The Kier molecular flexibility index (Phi) is 3.99. The minimum atomic E-state index is -4.02. The summed E-state index contributed by atoms with van der Waals surface area (Å²) in [5.41, 5.74) is 0.167. The average Bonchev–Trinajstić information content (AvgIpc) is 2.26. The summed E-state index contributed by atoms with van der Waals surface area (Å²) in [6, 6.07) is 9.30. The van der Waals surface area contributed by atoms with Crippen molar-refractivity contribution >= 4 is 38.9 Å². The van der Waals surface area contributed by atoms with Crippen LogP contribution < -0.4 is 4.72 Å². The van der Waals surface area contributed by atoms with E-state index in [1.54, 1.807) is 0 Å². The van der Waals surface area contributed by atoms with Gasteiger partial charge >= 0.3 is 0 Å².